The summed E-state index contributed by atoms with van der Waals surface area (Å²) in [5.41, 5.74) is -3.74. The molecule has 0 saturated carbocycles. The van der Waals surface area contributed by atoms with Crippen LogP contribution in [0.1, 0.15) is 11.1 Å². The summed E-state index contributed by atoms with van der Waals surface area (Å²) < 4.78 is 282. The van der Waals surface area contributed by atoms with E-state index < -0.39 is 70.6 Å². The lowest BCUT2D eigenvalue weighted by atomic mass is 9.84. The van der Waals surface area contributed by atoms with Gasteiger partial charge in [0, 0.05) is 5.56 Å². The molecule has 1 aromatic carbocycles. The molecule has 0 saturated heterocycles. The van der Waals surface area contributed by atoms with Gasteiger partial charge in [0.2, 0.25) is 0 Å². The molecule has 0 unspecified atom stereocenters. The molecule has 0 aromatic heterocycles. The Hall–Kier alpha value is -2.51. The van der Waals surface area contributed by atoms with E-state index in [9.17, 15) is 92.2 Å². The molecule has 0 nitrogen and oxygen atoms in total. The standard InChI is InChI=1S/C18H7F21/c1-2-7-5-3-4-6-8(7)9(19,20)10(21,22)11(23,24)12(25,26)13(27,28)14(29,30)15(31,32)16(33,34)17(35,36)18(37,38)39/h2-6H,1H2. The quantitative estimate of drug-likeness (QED) is 0.229. The van der Waals surface area contributed by atoms with Gasteiger partial charge >= 0.3 is 59.5 Å². The lowest BCUT2D eigenvalue weighted by Crippen LogP contribution is -2.76. The summed E-state index contributed by atoms with van der Waals surface area (Å²) in [5, 5.41) is 0. The zero-order chi connectivity index (χ0) is 31.7. The van der Waals surface area contributed by atoms with Crippen molar-refractivity contribution in [2.45, 2.75) is 59.5 Å². The zero-order valence-corrected chi connectivity index (χ0v) is 17.5. The lowest BCUT2D eigenvalue weighted by molar-refractivity contribution is -0.474. The van der Waals surface area contributed by atoms with Crippen LogP contribution in [0.15, 0.2) is 30.8 Å². The Bertz CT molecular complexity index is 1060. The summed E-state index contributed by atoms with van der Waals surface area (Å²) in [7, 11) is 0. The molecule has 0 aliphatic heterocycles. The van der Waals surface area contributed by atoms with Crippen molar-refractivity contribution < 1.29 is 92.2 Å². The Balaban J connectivity index is 3.88. The van der Waals surface area contributed by atoms with Crippen LogP contribution in [0.4, 0.5) is 92.2 Å². The predicted octanol–water partition coefficient (Wildman–Crippen LogP) is 9.07. The highest BCUT2D eigenvalue weighted by Crippen LogP contribution is 2.67. The van der Waals surface area contributed by atoms with Crippen molar-refractivity contribution >= 4 is 6.08 Å². The van der Waals surface area contributed by atoms with E-state index in [2.05, 4.69) is 6.58 Å². The van der Waals surface area contributed by atoms with Crippen molar-refractivity contribution in [3.8, 4) is 0 Å². The second-order valence-electron chi connectivity index (χ2n) is 7.46. The summed E-state index contributed by atoms with van der Waals surface area (Å²) in [6, 6.07) is 1.15. The Labute approximate surface area is 201 Å². The lowest BCUT2D eigenvalue weighted by Gasteiger charge is -2.44. The van der Waals surface area contributed by atoms with Gasteiger partial charge in [-0.2, -0.15) is 92.2 Å². The number of benzene rings is 1. The SMILES string of the molecule is C=Cc1ccccc1C(F)(F)C(F)(F)C(F)(F)C(F)(F)C(F)(F)C(F)(F)C(F)(F)C(F)(F)C(F)(F)C(F)(F)F. The summed E-state index contributed by atoms with van der Waals surface area (Å²) in [4.78, 5) is 0. The molecule has 1 rings (SSSR count). The van der Waals surface area contributed by atoms with Crippen LogP contribution in [0, 0.1) is 0 Å². The van der Waals surface area contributed by atoms with Gasteiger partial charge in [0.25, 0.3) is 0 Å². The smallest absolute Gasteiger partial charge is 0.194 e. The van der Waals surface area contributed by atoms with Crippen LogP contribution in [-0.2, 0) is 5.92 Å². The fraction of sp³-hybridized carbons (Fsp3) is 0.556. The highest BCUT2D eigenvalue weighted by atomic mass is 19.4. The third-order valence-electron chi connectivity index (χ3n) is 5.03. The van der Waals surface area contributed by atoms with Crippen molar-refractivity contribution in [3.63, 3.8) is 0 Å². The largest absolute Gasteiger partial charge is 0.460 e. The summed E-state index contributed by atoms with van der Waals surface area (Å²) in [6.07, 6.45) is -7.84. The minimum atomic E-state index is -9.19. The van der Waals surface area contributed by atoms with Gasteiger partial charge in [0.1, 0.15) is 0 Å². The second-order valence-corrected chi connectivity index (χ2v) is 7.46. The number of halogens is 21. The van der Waals surface area contributed by atoms with Crippen LogP contribution in [0.3, 0.4) is 0 Å². The molecular formula is C18H7F21. The maximum absolute atomic E-state index is 14.3. The molecule has 0 radical (unpaired) electrons. The average Bonchev–Trinajstić information content (AvgIpc) is 2.76. The molecule has 21 heteroatoms. The minimum Gasteiger partial charge on any atom is -0.194 e. The maximum atomic E-state index is 14.3. The van der Waals surface area contributed by atoms with E-state index in [1.165, 1.54) is 0 Å². The topological polar surface area (TPSA) is 0 Å². The first-order chi connectivity index (χ1) is 16.8. The Kier molecular flexibility index (Phi) is 7.97. The van der Waals surface area contributed by atoms with Gasteiger partial charge in [-0.1, -0.05) is 36.9 Å². The van der Waals surface area contributed by atoms with Gasteiger partial charge in [0.05, 0.1) is 0 Å². The molecule has 0 aliphatic carbocycles. The van der Waals surface area contributed by atoms with Crippen molar-refractivity contribution in [1.29, 1.82) is 0 Å². The van der Waals surface area contributed by atoms with E-state index in [1.807, 2.05) is 0 Å². The average molecular weight is 622 g/mol. The highest BCUT2D eigenvalue weighted by molar-refractivity contribution is 5.54. The van der Waals surface area contributed by atoms with Gasteiger partial charge in [-0.3, -0.25) is 0 Å². The number of hydrogen-bond donors (Lipinski definition) is 0. The van der Waals surface area contributed by atoms with Gasteiger partial charge in [-0.15, -0.1) is 0 Å². The van der Waals surface area contributed by atoms with E-state index in [1.54, 1.807) is 0 Å². The monoisotopic (exact) mass is 622 g/mol. The molecular weight excluding hydrogens is 615 g/mol. The van der Waals surface area contributed by atoms with Gasteiger partial charge in [-0.25, -0.2) is 0 Å². The molecule has 0 spiro atoms. The van der Waals surface area contributed by atoms with Crippen molar-refractivity contribution in [2.24, 2.45) is 0 Å². The van der Waals surface area contributed by atoms with Crippen molar-refractivity contribution in [3.05, 3.63) is 42.0 Å². The van der Waals surface area contributed by atoms with Crippen molar-refractivity contribution in [2.75, 3.05) is 0 Å². The second kappa shape index (κ2) is 9.00. The van der Waals surface area contributed by atoms with Gasteiger partial charge < -0.3 is 0 Å². The molecule has 0 N–H and O–H groups in total. The van der Waals surface area contributed by atoms with Crippen LogP contribution < -0.4 is 0 Å². The fourth-order valence-corrected chi connectivity index (χ4v) is 2.69. The van der Waals surface area contributed by atoms with Crippen LogP contribution in [0.25, 0.3) is 6.08 Å². The molecule has 0 atom stereocenters. The Morgan fingerprint density at radius 1 is 0.410 bits per heavy atom. The normalized spacial score (nSPS) is 15.9. The third-order valence-corrected chi connectivity index (χ3v) is 5.03. The summed E-state index contributed by atoms with van der Waals surface area (Å²) >= 11 is 0. The fourth-order valence-electron chi connectivity index (χ4n) is 2.69. The Morgan fingerprint density at radius 3 is 1.00 bits per heavy atom. The number of hydrogen-bond acceptors (Lipinski definition) is 0. The molecule has 0 amide bonds. The summed E-state index contributed by atoms with van der Waals surface area (Å²) in [6.45, 7) is 2.73. The van der Waals surface area contributed by atoms with E-state index in [4.69, 9.17) is 0 Å². The van der Waals surface area contributed by atoms with E-state index in [-0.39, 0.29) is 12.1 Å². The molecule has 0 heterocycles. The third kappa shape index (κ3) is 4.19. The molecule has 1 aromatic rings. The van der Waals surface area contributed by atoms with E-state index in [0.29, 0.717) is 18.2 Å². The van der Waals surface area contributed by atoms with Crippen LogP contribution in [0.5, 0.6) is 0 Å². The van der Waals surface area contributed by atoms with Crippen LogP contribution >= 0.6 is 0 Å². The molecule has 0 aliphatic rings. The molecule has 39 heavy (non-hydrogen) atoms. The highest BCUT2D eigenvalue weighted by Gasteiger charge is 2.97. The first-order valence-electron chi connectivity index (χ1n) is 8.99. The van der Waals surface area contributed by atoms with Crippen molar-refractivity contribution in [1.82, 2.24) is 0 Å². The van der Waals surface area contributed by atoms with Crippen LogP contribution in [0.2, 0.25) is 0 Å². The van der Waals surface area contributed by atoms with E-state index >= 15 is 0 Å². The molecule has 226 valence electrons. The zero-order valence-electron chi connectivity index (χ0n) is 17.5. The Morgan fingerprint density at radius 2 is 0.692 bits per heavy atom. The maximum Gasteiger partial charge on any atom is 0.460 e. The van der Waals surface area contributed by atoms with Gasteiger partial charge in [-0.05, 0) is 5.56 Å². The first-order valence-corrected chi connectivity index (χ1v) is 8.99. The predicted molar refractivity (Wildman–Crippen MR) is 86.1 cm³/mol. The number of rotatable bonds is 10. The van der Waals surface area contributed by atoms with E-state index in [0.717, 1.165) is 0 Å². The first kappa shape index (κ1) is 34.5. The summed E-state index contributed by atoms with van der Waals surface area (Å²) in [5.74, 6) is -77.2. The minimum absolute atomic E-state index is 0.168. The number of alkyl halides is 21. The van der Waals surface area contributed by atoms with Crippen LogP contribution in [-0.4, -0.2) is 53.6 Å². The van der Waals surface area contributed by atoms with Gasteiger partial charge in [0.15, 0.2) is 0 Å². The molecule has 0 bridgehead atoms. The molecule has 0 fully saturated rings.